The van der Waals surface area contributed by atoms with Crippen LogP contribution in [0.4, 0.5) is 17.1 Å². The molecule has 0 radical (unpaired) electrons. The summed E-state index contributed by atoms with van der Waals surface area (Å²) >= 11 is 3.37. The Balaban J connectivity index is 2.44. The number of anilines is 3. The standard InChI is InChI=1S/C23H20BrNO5/c1-28-20-12-8-7-11-19(20)25(16-9-5-4-6-10-16)21-17(22(26)29-2)13-15(24)14-18(21)23(27)30-3/h4-14H,1-3H3. The summed E-state index contributed by atoms with van der Waals surface area (Å²) in [7, 11) is 4.15. The van der Waals surface area contributed by atoms with Crippen molar-refractivity contribution < 1.29 is 23.8 Å². The molecule has 30 heavy (non-hydrogen) atoms. The molecule has 0 unspecified atom stereocenters. The van der Waals surface area contributed by atoms with Gasteiger partial charge in [-0.05, 0) is 36.4 Å². The molecule has 0 aliphatic rings. The van der Waals surface area contributed by atoms with Crippen LogP contribution in [0.5, 0.6) is 5.75 Å². The molecule has 3 aromatic carbocycles. The van der Waals surface area contributed by atoms with Crippen molar-refractivity contribution in [3.8, 4) is 5.75 Å². The van der Waals surface area contributed by atoms with Gasteiger partial charge >= 0.3 is 11.9 Å². The van der Waals surface area contributed by atoms with E-state index in [1.165, 1.54) is 14.2 Å². The van der Waals surface area contributed by atoms with Crippen molar-refractivity contribution in [3.63, 3.8) is 0 Å². The lowest BCUT2D eigenvalue weighted by Crippen LogP contribution is -2.20. The number of rotatable bonds is 6. The van der Waals surface area contributed by atoms with Gasteiger partial charge in [-0.2, -0.15) is 0 Å². The summed E-state index contributed by atoms with van der Waals surface area (Å²) in [5.41, 5.74) is 2.08. The first-order valence-corrected chi connectivity index (χ1v) is 9.79. The molecule has 0 spiro atoms. The van der Waals surface area contributed by atoms with Gasteiger partial charge in [0, 0.05) is 10.2 Å². The zero-order valence-electron chi connectivity index (χ0n) is 16.7. The Labute approximate surface area is 183 Å². The minimum atomic E-state index is -0.590. The molecule has 0 aliphatic heterocycles. The number of benzene rings is 3. The van der Waals surface area contributed by atoms with Crippen molar-refractivity contribution in [2.24, 2.45) is 0 Å². The maximum Gasteiger partial charge on any atom is 0.340 e. The van der Waals surface area contributed by atoms with Crippen molar-refractivity contribution in [1.82, 2.24) is 0 Å². The number of halogens is 1. The number of hydrogen-bond donors (Lipinski definition) is 0. The topological polar surface area (TPSA) is 65.1 Å². The van der Waals surface area contributed by atoms with E-state index in [2.05, 4.69) is 15.9 Å². The van der Waals surface area contributed by atoms with Gasteiger partial charge in [-0.25, -0.2) is 9.59 Å². The van der Waals surface area contributed by atoms with Gasteiger partial charge in [0.25, 0.3) is 0 Å². The second-order valence-corrected chi connectivity index (χ2v) is 7.09. The lowest BCUT2D eigenvalue weighted by molar-refractivity contribution is 0.0601. The van der Waals surface area contributed by atoms with Crippen LogP contribution in [-0.4, -0.2) is 33.3 Å². The average molecular weight is 470 g/mol. The van der Waals surface area contributed by atoms with E-state index in [9.17, 15) is 9.59 Å². The zero-order valence-corrected chi connectivity index (χ0v) is 18.3. The van der Waals surface area contributed by atoms with E-state index in [1.54, 1.807) is 30.2 Å². The lowest BCUT2D eigenvalue weighted by Gasteiger charge is -2.30. The van der Waals surface area contributed by atoms with Crippen LogP contribution in [0.3, 0.4) is 0 Å². The molecular weight excluding hydrogens is 450 g/mol. The molecule has 3 aromatic rings. The van der Waals surface area contributed by atoms with Crippen molar-refractivity contribution in [1.29, 1.82) is 0 Å². The molecule has 0 fully saturated rings. The summed E-state index contributed by atoms with van der Waals surface area (Å²) in [5.74, 6) is -0.615. The molecule has 0 aromatic heterocycles. The van der Waals surface area contributed by atoms with Crippen LogP contribution in [-0.2, 0) is 9.47 Å². The molecule has 0 bridgehead atoms. The van der Waals surface area contributed by atoms with Gasteiger partial charge < -0.3 is 19.1 Å². The predicted molar refractivity (Wildman–Crippen MR) is 118 cm³/mol. The first-order valence-electron chi connectivity index (χ1n) is 9.00. The van der Waals surface area contributed by atoms with E-state index >= 15 is 0 Å². The number of para-hydroxylation sites is 3. The van der Waals surface area contributed by atoms with Crippen molar-refractivity contribution in [2.45, 2.75) is 0 Å². The van der Waals surface area contributed by atoms with E-state index in [0.717, 1.165) is 5.69 Å². The van der Waals surface area contributed by atoms with Crippen LogP contribution in [0.1, 0.15) is 20.7 Å². The number of ether oxygens (including phenoxy) is 3. The summed E-state index contributed by atoms with van der Waals surface area (Å²) in [4.78, 5) is 27.2. The van der Waals surface area contributed by atoms with Crippen molar-refractivity contribution in [2.75, 3.05) is 26.2 Å². The van der Waals surface area contributed by atoms with Gasteiger partial charge in [0.2, 0.25) is 0 Å². The second kappa shape index (κ2) is 9.45. The quantitative estimate of drug-likeness (QED) is 0.444. The molecular formula is C23H20BrNO5. The summed E-state index contributed by atoms with van der Waals surface area (Å²) in [6.07, 6.45) is 0. The van der Waals surface area contributed by atoms with Gasteiger partial charge in [-0.15, -0.1) is 0 Å². The van der Waals surface area contributed by atoms with Gasteiger partial charge in [-0.3, -0.25) is 0 Å². The first-order chi connectivity index (χ1) is 14.5. The molecule has 154 valence electrons. The number of nitrogens with zero attached hydrogens (tertiary/aromatic N) is 1. The van der Waals surface area contributed by atoms with Crippen LogP contribution < -0.4 is 9.64 Å². The predicted octanol–water partition coefficient (Wildman–Crippen LogP) is 5.50. The Hall–Kier alpha value is -3.32. The highest BCUT2D eigenvalue weighted by atomic mass is 79.9. The van der Waals surface area contributed by atoms with Crippen LogP contribution >= 0.6 is 15.9 Å². The Morgan fingerprint density at radius 3 is 1.87 bits per heavy atom. The smallest absolute Gasteiger partial charge is 0.340 e. The highest BCUT2D eigenvalue weighted by Crippen LogP contribution is 2.44. The number of hydrogen-bond acceptors (Lipinski definition) is 6. The highest BCUT2D eigenvalue weighted by Gasteiger charge is 2.29. The number of carbonyl (C=O) groups excluding carboxylic acids is 2. The maximum atomic E-state index is 12.7. The largest absolute Gasteiger partial charge is 0.495 e. The highest BCUT2D eigenvalue weighted by molar-refractivity contribution is 9.10. The number of carbonyl (C=O) groups is 2. The monoisotopic (exact) mass is 469 g/mol. The van der Waals surface area contributed by atoms with Gasteiger partial charge in [-0.1, -0.05) is 46.3 Å². The number of esters is 2. The Bertz CT molecular complexity index is 1030. The SMILES string of the molecule is COC(=O)c1cc(Br)cc(C(=O)OC)c1N(c1ccccc1)c1ccccc1OC. The van der Waals surface area contributed by atoms with E-state index in [0.29, 0.717) is 21.6 Å². The minimum absolute atomic E-state index is 0.196. The van der Waals surface area contributed by atoms with Crippen LogP contribution in [0, 0.1) is 0 Å². The summed E-state index contributed by atoms with van der Waals surface area (Å²) in [6, 6.07) is 19.9. The van der Waals surface area contributed by atoms with E-state index < -0.39 is 11.9 Å². The van der Waals surface area contributed by atoms with Crippen molar-refractivity contribution in [3.05, 3.63) is 82.3 Å². The third kappa shape index (κ3) is 4.16. The summed E-state index contributed by atoms with van der Waals surface area (Å²) < 4.78 is 16.1. The fourth-order valence-corrected chi connectivity index (χ4v) is 3.61. The summed E-state index contributed by atoms with van der Waals surface area (Å²) in [5, 5.41) is 0. The van der Waals surface area contributed by atoms with Crippen LogP contribution in [0.15, 0.2) is 71.2 Å². The molecule has 0 heterocycles. The van der Waals surface area contributed by atoms with Gasteiger partial charge in [0.15, 0.2) is 0 Å². The van der Waals surface area contributed by atoms with Crippen LogP contribution in [0.25, 0.3) is 0 Å². The van der Waals surface area contributed by atoms with Gasteiger partial charge in [0.1, 0.15) is 5.75 Å². The Kier molecular flexibility index (Phi) is 6.74. The molecule has 0 atom stereocenters. The van der Waals surface area contributed by atoms with Gasteiger partial charge in [0.05, 0.1) is 43.8 Å². The Morgan fingerprint density at radius 1 is 0.800 bits per heavy atom. The fourth-order valence-electron chi connectivity index (χ4n) is 3.15. The maximum absolute atomic E-state index is 12.7. The third-order valence-electron chi connectivity index (χ3n) is 4.45. The minimum Gasteiger partial charge on any atom is -0.495 e. The molecule has 0 saturated heterocycles. The average Bonchev–Trinajstić information content (AvgIpc) is 2.79. The first kappa shape index (κ1) is 21.4. The fraction of sp³-hybridized carbons (Fsp3) is 0.130. The molecule has 6 nitrogen and oxygen atoms in total. The molecule has 0 aliphatic carbocycles. The summed E-state index contributed by atoms with van der Waals surface area (Å²) in [6.45, 7) is 0. The second-order valence-electron chi connectivity index (χ2n) is 6.18. The molecule has 3 rings (SSSR count). The molecule has 0 N–H and O–H groups in total. The lowest BCUT2D eigenvalue weighted by atomic mass is 10.0. The normalized spacial score (nSPS) is 10.3. The number of methoxy groups -OCH3 is 3. The van der Waals surface area contributed by atoms with Crippen molar-refractivity contribution >= 4 is 44.9 Å². The molecule has 7 heteroatoms. The third-order valence-corrected chi connectivity index (χ3v) is 4.91. The van der Waals surface area contributed by atoms with E-state index in [4.69, 9.17) is 14.2 Å². The molecule has 0 amide bonds. The zero-order chi connectivity index (χ0) is 21.7. The van der Waals surface area contributed by atoms with E-state index in [1.807, 2.05) is 48.5 Å². The van der Waals surface area contributed by atoms with E-state index in [-0.39, 0.29) is 11.1 Å². The molecule has 0 saturated carbocycles. The van der Waals surface area contributed by atoms with Crippen LogP contribution in [0.2, 0.25) is 0 Å². The Morgan fingerprint density at radius 2 is 1.33 bits per heavy atom.